The summed E-state index contributed by atoms with van der Waals surface area (Å²) < 4.78 is 8.40. The van der Waals surface area contributed by atoms with Crippen LogP contribution in [0.4, 0.5) is 11.4 Å². The number of hydrogen-bond donors (Lipinski definition) is 2. The molecule has 2 N–H and O–H groups in total. The average molecular weight is 667 g/mol. The number of benzene rings is 3. The zero-order valence-corrected chi connectivity index (χ0v) is 27.5. The van der Waals surface area contributed by atoms with E-state index in [0.717, 1.165) is 26.5 Å². The highest BCUT2D eigenvalue weighted by Crippen LogP contribution is 2.33. The van der Waals surface area contributed by atoms with Gasteiger partial charge in [0.1, 0.15) is 35.9 Å². The summed E-state index contributed by atoms with van der Waals surface area (Å²) in [6, 6.07) is 18.5. The summed E-state index contributed by atoms with van der Waals surface area (Å²) in [6.45, 7) is 0.245. The zero-order valence-electron chi connectivity index (χ0n) is 26.7. The number of nitrogens with one attached hydrogen (secondary N) is 2. The van der Waals surface area contributed by atoms with Gasteiger partial charge < -0.3 is 15.0 Å². The third kappa shape index (κ3) is 7.40. The van der Waals surface area contributed by atoms with E-state index < -0.39 is 6.04 Å². The predicted octanol–water partition coefficient (Wildman–Crippen LogP) is 3.89. The summed E-state index contributed by atoms with van der Waals surface area (Å²) in [5, 5.41) is 14.4. The van der Waals surface area contributed by atoms with E-state index >= 15 is 0 Å². The van der Waals surface area contributed by atoms with Gasteiger partial charge in [-0.1, -0.05) is 17.3 Å². The minimum Gasteiger partial charge on any atom is -0.487 e. The van der Waals surface area contributed by atoms with Crippen molar-refractivity contribution in [3.05, 3.63) is 83.7 Å². The number of aldehydes is 1. The van der Waals surface area contributed by atoms with Crippen LogP contribution in [0.15, 0.2) is 66.9 Å². The third-order valence-electron chi connectivity index (χ3n) is 8.03. The molecule has 246 valence electrons. The number of ether oxygens (including phenoxy) is 1. The van der Waals surface area contributed by atoms with Gasteiger partial charge in [-0.05, 0) is 62.0 Å². The van der Waals surface area contributed by atoms with Crippen molar-refractivity contribution in [1.29, 1.82) is 0 Å². The molecular formula is C34H34N8O5S. The fourth-order valence-corrected chi connectivity index (χ4v) is 6.47. The normalized spacial score (nSPS) is 14.6. The van der Waals surface area contributed by atoms with Crippen molar-refractivity contribution < 1.29 is 23.9 Å². The van der Waals surface area contributed by atoms with E-state index in [0.29, 0.717) is 41.0 Å². The molecule has 3 aromatic carbocycles. The van der Waals surface area contributed by atoms with Crippen LogP contribution in [0, 0.1) is 0 Å². The lowest BCUT2D eigenvalue weighted by molar-refractivity contribution is -0.137. The van der Waals surface area contributed by atoms with Crippen LogP contribution in [0.3, 0.4) is 0 Å². The summed E-state index contributed by atoms with van der Waals surface area (Å²) >= 11 is 1.59. The molecule has 0 aliphatic carbocycles. The Bertz CT molecular complexity index is 1990. The van der Waals surface area contributed by atoms with Crippen molar-refractivity contribution in [1.82, 2.24) is 30.2 Å². The number of amides is 3. The van der Waals surface area contributed by atoms with Crippen LogP contribution < -0.4 is 20.3 Å². The molecule has 1 saturated heterocycles. The molecule has 0 spiro atoms. The Balaban J connectivity index is 1.06. The van der Waals surface area contributed by atoms with Crippen molar-refractivity contribution in [2.24, 2.45) is 0 Å². The van der Waals surface area contributed by atoms with E-state index in [4.69, 9.17) is 9.72 Å². The Kier molecular flexibility index (Phi) is 9.55. The van der Waals surface area contributed by atoms with E-state index in [2.05, 4.69) is 50.1 Å². The van der Waals surface area contributed by atoms with Crippen LogP contribution in [0.2, 0.25) is 0 Å². The van der Waals surface area contributed by atoms with Gasteiger partial charge in [0.25, 0.3) is 0 Å². The molecule has 5 aromatic rings. The Morgan fingerprint density at radius 1 is 1.12 bits per heavy atom. The van der Waals surface area contributed by atoms with E-state index in [1.165, 1.54) is 4.68 Å². The fraction of sp³-hybridized carbons (Fsp3) is 0.265. The van der Waals surface area contributed by atoms with E-state index in [1.807, 2.05) is 32.3 Å². The van der Waals surface area contributed by atoms with Crippen LogP contribution >= 0.6 is 11.3 Å². The van der Waals surface area contributed by atoms with Gasteiger partial charge in [-0.3, -0.25) is 29.4 Å². The Morgan fingerprint density at radius 2 is 1.94 bits per heavy atom. The van der Waals surface area contributed by atoms with Crippen molar-refractivity contribution in [3.63, 3.8) is 0 Å². The van der Waals surface area contributed by atoms with Gasteiger partial charge in [-0.2, -0.15) is 0 Å². The van der Waals surface area contributed by atoms with E-state index in [-0.39, 0.29) is 43.8 Å². The summed E-state index contributed by atoms with van der Waals surface area (Å²) in [7, 11) is 5.76. The highest BCUT2D eigenvalue weighted by molar-refractivity contribution is 7.21. The molecule has 1 atom stereocenters. The second kappa shape index (κ2) is 14.1. The quantitative estimate of drug-likeness (QED) is 0.148. The van der Waals surface area contributed by atoms with Gasteiger partial charge in [0.2, 0.25) is 17.7 Å². The highest BCUT2D eigenvalue weighted by atomic mass is 32.1. The second-order valence-electron chi connectivity index (χ2n) is 11.7. The van der Waals surface area contributed by atoms with E-state index in [1.54, 1.807) is 47.7 Å². The zero-order chi connectivity index (χ0) is 33.8. The molecular weight excluding hydrogens is 632 g/mol. The standard InChI is InChI=1S/C34H34N8O5S/c1-40(2)24-9-7-21(8-10-24)34-36-28-12-11-25(15-30(28)48-34)47-20-23-16-42(39-38-23)18-32(45)35-27-6-4-5-22(19-43)26(27)17-41(3)29-13-14-31(44)37-33(29)46/h4-12,15-16,19,29H,13-14,17-18,20H2,1-3H3,(H,35,45)(H,37,44,46). The average Bonchev–Trinajstić information content (AvgIpc) is 3.71. The summed E-state index contributed by atoms with van der Waals surface area (Å²) in [5.74, 6) is -0.391. The molecule has 13 nitrogen and oxygen atoms in total. The second-order valence-corrected chi connectivity index (χ2v) is 12.7. The summed E-state index contributed by atoms with van der Waals surface area (Å²) in [4.78, 5) is 57.4. The number of fused-ring (bicyclic) bond motifs is 1. The predicted molar refractivity (Wildman–Crippen MR) is 182 cm³/mol. The van der Waals surface area contributed by atoms with Crippen LogP contribution in [-0.4, -0.2) is 76.1 Å². The lowest BCUT2D eigenvalue weighted by atomic mass is 10.0. The minimum atomic E-state index is -0.533. The maximum Gasteiger partial charge on any atom is 0.246 e. The molecule has 14 heteroatoms. The number of carbonyl (C=O) groups is 4. The lowest BCUT2D eigenvalue weighted by Crippen LogP contribution is -2.51. The number of piperidine rings is 1. The first-order chi connectivity index (χ1) is 23.2. The summed E-state index contributed by atoms with van der Waals surface area (Å²) in [5.41, 5.74) is 5.01. The Labute approximate surface area is 280 Å². The largest absolute Gasteiger partial charge is 0.487 e. The molecule has 3 heterocycles. The number of aromatic nitrogens is 4. The first-order valence-corrected chi connectivity index (χ1v) is 16.1. The number of imide groups is 1. The van der Waals surface area contributed by atoms with Gasteiger partial charge >= 0.3 is 0 Å². The van der Waals surface area contributed by atoms with Crippen LogP contribution in [0.1, 0.15) is 34.5 Å². The molecule has 1 aliphatic rings. The molecule has 6 rings (SSSR count). The van der Waals surface area contributed by atoms with Gasteiger partial charge in [-0.15, -0.1) is 16.4 Å². The number of hydrogen-bond acceptors (Lipinski definition) is 11. The maximum absolute atomic E-state index is 13.0. The van der Waals surface area contributed by atoms with Crippen molar-refractivity contribution in [2.75, 3.05) is 31.4 Å². The smallest absolute Gasteiger partial charge is 0.246 e. The van der Waals surface area contributed by atoms with Crippen LogP contribution in [0.25, 0.3) is 20.8 Å². The summed E-state index contributed by atoms with van der Waals surface area (Å²) in [6.07, 6.45) is 2.96. The van der Waals surface area contributed by atoms with Gasteiger partial charge in [0.15, 0.2) is 0 Å². The molecule has 1 aliphatic heterocycles. The van der Waals surface area contributed by atoms with Crippen molar-refractivity contribution in [2.45, 2.75) is 38.6 Å². The molecule has 0 saturated carbocycles. The third-order valence-corrected chi connectivity index (χ3v) is 9.10. The lowest BCUT2D eigenvalue weighted by Gasteiger charge is -2.30. The molecule has 1 fully saturated rings. The minimum absolute atomic E-state index is 0.119. The Morgan fingerprint density at radius 3 is 2.69 bits per heavy atom. The van der Waals surface area contributed by atoms with Crippen molar-refractivity contribution in [3.8, 4) is 16.3 Å². The number of carbonyl (C=O) groups excluding carboxylic acids is 4. The monoisotopic (exact) mass is 666 g/mol. The molecule has 1 unspecified atom stereocenters. The number of nitrogens with zero attached hydrogens (tertiary/aromatic N) is 6. The first kappa shape index (κ1) is 32.5. The highest BCUT2D eigenvalue weighted by Gasteiger charge is 2.30. The van der Waals surface area contributed by atoms with Gasteiger partial charge in [0.05, 0.1) is 22.5 Å². The number of likely N-dealkylation sites (N-methyl/N-ethyl adjacent to an activating group) is 1. The van der Waals surface area contributed by atoms with Crippen molar-refractivity contribution >= 4 is 56.9 Å². The van der Waals surface area contributed by atoms with Gasteiger partial charge in [0, 0.05) is 55.1 Å². The molecule has 0 radical (unpaired) electrons. The molecule has 3 amide bonds. The number of thiazole rings is 1. The number of anilines is 2. The molecule has 0 bridgehead atoms. The fourth-order valence-electron chi connectivity index (χ4n) is 5.47. The first-order valence-electron chi connectivity index (χ1n) is 15.3. The maximum atomic E-state index is 13.0. The van der Waals surface area contributed by atoms with Crippen LogP contribution in [-0.2, 0) is 34.1 Å². The van der Waals surface area contributed by atoms with E-state index in [9.17, 15) is 19.2 Å². The van der Waals surface area contributed by atoms with Gasteiger partial charge in [-0.25, -0.2) is 9.67 Å². The Hall–Kier alpha value is -5.47. The number of rotatable bonds is 12. The SMILES string of the molecule is CN(C)c1ccc(-c2nc3ccc(OCc4cn(CC(=O)Nc5cccc(C=O)c5CN(C)C5CCC(=O)NC5=O)nn4)cc3s2)cc1. The molecule has 2 aromatic heterocycles. The van der Waals surface area contributed by atoms with Crippen LogP contribution in [0.5, 0.6) is 5.75 Å². The molecule has 48 heavy (non-hydrogen) atoms. The topological polar surface area (TPSA) is 152 Å².